The van der Waals surface area contributed by atoms with Crippen molar-refractivity contribution < 1.29 is 14.6 Å². The van der Waals surface area contributed by atoms with Crippen LogP contribution in [0.25, 0.3) is 0 Å². The summed E-state index contributed by atoms with van der Waals surface area (Å²) < 4.78 is 4.65. The van der Waals surface area contributed by atoms with Gasteiger partial charge in [-0.3, -0.25) is 9.79 Å². The first-order chi connectivity index (χ1) is 5.14. The molecule has 1 aliphatic heterocycles. The molecule has 0 spiro atoms. The molecule has 64 valence electrons. The first-order valence-electron chi connectivity index (χ1n) is 3.47. The van der Waals surface area contributed by atoms with Crippen LogP contribution in [0.15, 0.2) is 4.99 Å². The minimum atomic E-state index is -0.741. The summed E-state index contributed by atoms with van der Waals surface area (Å²) in [5, 5.41) is 7.99. The number of carboxylic acid groups (broad SMARTS) is 1. The number of ether oxygens (including phenoxy) is 1. The summed E-state index contributed by atoms with van der Waals surface area (Å²) in [6.45, 7) is 4.91. The largest absolute Gasteiger partial charge is 0.482 e. The van der Waals surface area contributed by atoms with E-state index in [0.29, 0.717) is 0 Å². The quantitative estimate of drug-likeness (QED) is 0.614. The summed E-state index contributed by atoms with van der Waals surface area (Å²) in [7, 11) is 0. The van der Waals surface area contributed by atoms with Crippen molar-refractivity contribution in [3.8, 4) is 0 Å². The number of hydrogen-bond donors (Lipinski definition) is 1. The molecule has 4 heteroatoms. The lowest BCUT2D eigenvalue weighted by Gasteiger charge is -1.89. The molecule has 4 nitrogen and oxygen atoms in total. The smallest absolute Gasteiger partial charge is 0.305 e. The Labute approximate surface area is 65.9 Å². The number of hydrogen-bond acceptors (Lipinski definition) is 3. The highest BCUT2D eigenvalue weighted by Crippen LogP contribution is 1.87. The van der Waals surface area contributed by atoms with Gasteiger partial charge >= 0.3 is 5.97 Å². The van der Waals surface area contributed by atoms with Crippen molar-refractivity contribution in [1.29, 1.82) is 0 Å². The lowest BCUT2D eigenvalue weighted by atomic mass is 10.2. The van der Waals surface area contributed by atoms with Crippen molar-refractivity contribution in [2.75, 3.05) is 13.2 Å². The minimum Gasteiger partial charge on any atom is -0.482 e. The third-order valence-electron chi connectivity index (χ3n) is 0.981. The summed E-state index contributed by atoms with van der Waals surface area (Å²) >= 11 is 0. The van der Waals surface area contributed by atoms with E-state index in [4.69, 9.17) is 5.11 Å². The predicted molar refractivity (Wildman–Crippen MR) is 41.8 cm³/mol. The maximum atomic E-state index is 9.70. The van der Waals surface area contributed by atoms with Gasteiger partial charge in [-0.2, -0.15) is 0 Å². The molecule has 0 saturated carbocycles. The van der Waals surface area contributed by atoms with Gasteiger partial charge in [-0.05, 0) is 0 Å². The Balaban J connectivity index is 0.000000183. The molecule has 0 aromatic rings. The fraction of sp³-hybridized carbons (Fsp3) is 0.714. The lowest BCUT2D eigenvalue weighted by Crippen LogP contribution is -2.03. The zero-order valence-electron chi connectivity index (χ0n) is 6.78. The summed E-state index contributed by atoms with van der Waals surface area (Å²) in [5.74, 6) is -0.972. The van der Waals surface area contributed by atoms with Gasteiger partial charge in [0.1, 0.15) is 6.61 Å². The van der Waals surface area contributed by atoms with Gasteiger partial charge < -0.3 is 9.84 Å². The average Bonchev–Trinajstić information content (AvgIpc) is 2.41. The van der Waals surface area contributed by atoms with E-state index in [1.165, 1.54) is 6.40 Å². The normalized spacial score (nSPS) is 13.7. The molecule has 0 saturated heterocycles. The van der Waals surface area contributed by atoms with Crippen LogP contribution >= 0.6 is 0 Å². The molecule has 0 unspecified atom stereocenters. The summed E-state index contributed by atoms with van der Waals surface area (Å²) in [5.41, 5.74) is 0. The molecular weight excluding hydrogens is 146 g/mol. The summed E-state index contributed by atoms with van der Waals surface area (Å²) in [6, 6.07) is 0. The second-order valence-corrected chi connectivity index (χ2v) is 2.38. The Morgan fingerprint density at radius 3 is 2.36 bits per heavy atom. The van der Waals surface area contributed by atoms with Gasteiger partial charge in [0.2, 0.25) is 0 Å². The second kappa shape index (κ2) is 5.70. The number of carboxylic acids is 1. The van der Waals surface area contributed by atoms with E-state index in [1.807, 2.05) is 0 Å². The molecule has 1 N–H and O–H groups in total. The molecule has 0 aromatic carbocycles. The molecule has 1 rings (SSSR count). The number of nitrogens with zero attached hydrogens (tertiary/aromatic N) is 1. The minimum absolute atomic E-state index is 0.231. The molecule has 0 atom stereocenters. The van der Waals surface area contributed by atoms with Crippen LogP contribution in [0.3, 0.4) is 0 Å². The van der Waals surface area contributed by atoms with E-state index in [0.717, 1.165) is 13.2 Å². The van der Waals surface area contributed by atoms with Crippen LogP contribution in [0, 0.1) is 5.92 Å². The monoisotopic (exact) mass is 159 g/mol. The summed E-state index contributed by atoms with van der Waals surface area (Å²) in [6.07, 6.45) is 1.49. The molecule has 11 heavy (non-hydrogen) atoms. The van der Waals surface area contributed by atoms with Crippen LogP contribution in [-0.4, -0.2) is 30.6 Å². The topological polar surface area (TPSA) is 58.9 Å². The van der Waals surface area contributed by atoms with Gasteiger partial charge in [-0.1, -0.05) is 13.8 Å². The zero-order chi connectivity index (χ0) is 8.69. The number of rotatable bonds is 1. The first kappa shape index (κ1) is 9.94. The van der Waals surface area contributed by atoms with Gasteiger partial charge in [0.25, 0.3) is 0 Å². The standard InChI is InChI=1S/C4H8O2.C3H5NO/c1-3(2)4(5)6;1-2-5-3-4-1/h3H,1-2H3,(H,5,6);3H,1-2H2. The Morgan fingerprint density at radius 1 is 1.73 bits per heavy atom. The number of aliphatic imine (C=N–C) groups is 1. The Kier molecular flexibility index (Phi) is 5.15. The van der Waals surface area contributed by atoms with Crippen LogP contribution in [0.4, 0.5) is 0 Å². The van der Waals surface area contributed by atoms with Gasteiger partial charge in [-0.25, -0.2) is 0 Å². The van der Waals surface area contributed by atoms with Crippen LogP contribution in [0.2, 0.25) is 0 Å². The molecule has 1 heterocycles. The van der Waals surface area contributed by atoms with Gasteiger partial charge in [0.05, 0.1) is 12.5 Å². The highest BCUT2D eigenvalue weighted by molar-refractivity contribution is 5.68. The fourth-order valence-corrected chi connectivity index (χ4v) is 0.264. The van der Waals surface area contributed by atoms with Crippen molar-refractivity contribution in [2.45, 2.75) is 13.8 Å². The maximum absolute atomic E-state index is 9.70. The highest BCUT2D eigenvalue weighted by Gasteiger charge is 1.99. The van der Waals surface area contributed by atoms with E-state index in [-0.39, 0.29) is 5.92 Å². The second-order valence-electron chi connectivity index (χ2n) is 2.38. The highest BCUT2D eigenvalue weighted by atomic mass is 16.5. The first-order valence-corrected chi connectivity index (χ1v) is 3.47. The van der Waals surface area contributed by atoms with Gasteiger partial charge in [0.15, 0.2) is 6.40 Å². The lowest BCUT2D eigenvalue weighted by molar-refractivity contribution is -0.140. The van der Waals surface area contributed by atoms with Crippen molar-refractivity contribution in [3.05, 3.63) is 0 Å². The van der Waals surface area contributed by atoms with E-state index >= 15 is 0 Å². The van der Waals surface area contributed by atoms with Crippen LogP contribution in [0.5, 0.6) is 0 Å². The van der Waals surface area contributed by atoms with Crippen molar-refractivity contribution in [1.82, 2.24) is 0 Å². The molecule has 0 aromatic heterocycles. The van der Waals surface area contributed by atoms with Crippen molar-refractivity contribution in [3.63, 3.8) is 0 Å². The molecule has 0 amide bonds. The third kappa shape index (κ3) is 6.83. The number of aliphatic carboxylic acids is 1. The van der Waals surface area contributed by atoms with E-state index in [2.05, 4.69) is 9.73 Å². The third-order valence-corrected chi connectivity index (χ3v) is 0.981. The van der Waals surface area contributed by atoms with Crippen molar-refractivity contribution in [2.24, 2.45) is 10.9 Å². The van der Waals surface area contributed by atoms with Gasteiger partial charge in [-0.15, -0.1) is 0 Å². The average molecular weight is 159 g/mol. The Bertz CT molecular complexity index is 137. The molecule has 0 fully saturated rings. The van der Waals surface area contributed by atoms with Gasteiger partial charge in [0, 0.05) is 0 Å². The maximum Gasteiger partial charge on any atom is 0.305 e. The number of carbonyl (C=O) groups is 1. The zero-order valence-corrected chi connectivity index (χ0v) is 6.78. The van der Waals surface area contributed by atoms with E-state index < -0.39 is 5.97 Å². The van der Waals surface area contributed by atoms with Crippen LogP contribution in [0.1, 0.15) is 13.8 Å². The molecule has 0 aliphatic carbocycles. The van der Waals surface area contributed by atoms with Crippen molar-refractivity contribution >= 4 is 12.4 Å². The molecule has 0 bridgehead atoms. The SMILES string of the molecule is C1=NCCO1.CC(C)C(=O)O. The van der Waals surface area contributed by atoms with E-state index in [9.17, 15) is 4.79 Å². The van der Waals surface area contributed by atoms with E-state index in [1.54, 1.807) is 13.8 Å². The van der Waals surface area contributed by atoms with Crippen LogP contribution < -0.4 is 0 Å². The van der Waals surface area contributed by atoms with Crippen LogP contribution in [-0.2, 0) is 9.53 Å². The molecule has 1 aliphatic rings. The fourth-order valence-electron chi connectivity index (χ4n) is 0.264. The molecule has 0 radical (unpaired) electrons. The Morgan fingerprint density at radius 2 is 2.27 bits per heavy atom. The predicted octanol–water partition coefficient (Wildman–Crippen LogP) is 0.772. The Hall–Kier alpha value is -1.06. The summed E-state index contributed by atoms with van der Waals surface area (Å²) in [4.78, 5) is 13.4. The molecular formula is C7H13NO3.